The highest BCUT2D eigenvalue weighted by Gasteiger charge is 2.10. The van der Waals surface area contributed by atoms with E-state index in [9.17, 15) is 9.90 Å². The molecule has 0 heterocycles. The van der Waals surface area contributed by atoms with Crippen LogP contribution in [0.5, 0.6) is 0 Å². The molecular formula is C14H24O3. The molecule has 98 valence electrons. The van der Waals surface area contributed by atoms with Gasteiger partial charge in [-0.15, -0.1) is 6.58 Å². The normalized spacial score (nSPS) is 13.3. The molecule has 0 aromatic heterocycles. The van der Waals surface area contributed by atoms with Crippen LogP contribution < -0.4 is 0 Å². The summed E-state index contributed by atoms with van der Waals surface area (Å²) in [6.07, 6.45) is 5.05. The van der Waals surface area contributed by atoms with E-state index in [4.69, 9.17) is 0 Å². The Morgan fingerprint density at radius 3 is 2.59 bits per heavy atom. The number of allylic oxidation sites excluding steroid dienone is 3. The van der Waals surface area contributed by atoms with Gasteiger partial charge in [0, 0.05) is 0 Å². The molecule has 0 aromatic carbocycles. The largest absolute Gasteiger partial charge is 0.469 e. The smallest absolute Gasteiger partial charge is 0.308 e. The molecule has 1 N–H and O–H groups in total. The van der Waals surface area contributed by atoms with E-state index in [2.05, 4.69) is 17.4 Å². The molecule has 17 heavy (non-hydrogen) atoms. The molecule has 0 saturated carbocycles. The Labute approximate surface area is 104 Å². The van der Waals surface area contributed by atoms with Crippen LogP contribution in [0.3, 0.4) is 0 Å². The summed E-state index contributed by atoms with van der Waals surface area (Å²) in [6.45, 7) is 7.91. The summed E-state index contributed by atoms with van der Waals surface area (Å²) in [7, 11) is 1.33. The van der Waals surface area contributed by atoms with E-state index < -0.39 is 6.10 Å². The number of esters is 1. The van der Waals surface area contributed by atoms with E-state index in [-0.39, 0.29) is 12.4 Å². The predicted molar refractivity (Wildman–Crippen MR) is 69.7 cm³/mol. The van der Waals surface area contributed by atoms with Crippen molar-refractivity contribution < 1.29 is 14.6 Å². The van der Waals surface area contributed by atoms with Crippen molar-refractivity contribution in [3.63, 3.8) is 0 Å². The van der Waals surface area contributed by atoms with Gasteiger partial charge in [-0.05, 0) is 39.5 Å². The molecule has 1 unspecified atom stereocenters. The van der Waals surface area contributed by atoms with Crippen molar-refractivity contribution in [2.75, 3.05) is 7.11 Å². The van der Waals surface area contributed by atoms with Crippen molar-refractivity contribution >= 4 is 5.97 Å². The molecule has 0 amide bonds. The fourth-order valence-electron chi connectivity index (χ4n) is 1.44. The number of hydrogen-bond donors (Lipinski definition) is 1. The summed E-state index contributed by atoms with van der Waals surface area (Å²) in [5.74, 6) is -0.360. The van der Waals surface area contributed by atoms with Gasteiger partial charge in [0.25, 0.3) is 0 Å². The lowest BCUT2D eigenvalue weighted by molar-refractivity contribution is -0.142. The second-order valence-corrected chi connectivity index (χ2v) is 4.52. The van der Waals surface area contributed by atoms with E-state index >= 15 is 0 Å². The summed E-state index contributed by atoms with van der Waals surface area (Å²) in [5, 5.41) is 9.57. The van der Waals surface area contributed by atoms with E-state index in [0.29, 0.717) is 6.42 Å². The maximum absolute atomic E-state index is 10.9. The van der Waals surface area contributed by atoms with Gasteiger partial charge < -0.3 is 9.84 Å². The van der Waals surface area contributed by atoms with Crippen LogP contribution in [0.15, 0.2) is 23.8 Å². The van der Waals surface area contributed by atoms with E-state index in [1.54, 1.807) is 0 Å². The summed E-state index contributed by atoms with van der Waals surface area (Å²) in [5.41, 5.74) is 2.43. The van der Waals surface area contributed by atoms with Crippen molar-refractivity contribution in [1.29, 1.82) is 0 Å². The Kier molecular flexibility index (Phi) is 8.42. The maximum atomic E-state index is 10.9. The highest BCUT2D eigenvalue weighted by Crippen LogP contribution is 2.12. The van der Waals surface area contributed by atoms with Gasteiger partial charge in [-0.3, -0.25) is 4.79 Å². The van der Waals surface area contributed by atoms with Crippen LogP contribution >= 0.6 is 0 Å². The van der Waals surface area contributed by atoms with Crippen LogP contribution in [0, 0.1) is 0 Å². The second kappa shape index (κ2) is 8.99. The second-order valence-electron chi connectivity index (χ2n) is 4.52. The van der Waals surface area contributed by atoms with E-state index in [1.807, 2.05) is 13.8 Å². The Balaban J connectivity index is 3.78. The molecule has 0 rings (SSSR count). The number of methoxy groups -OCH3 is 1. The average Bonchev–Trinajstić information content (AvgIpc) is 2.25. The van der Waals surface area contributed by atoms with Gasteiger partial charge in [0.05, 0.1) is 19.6 Å². The lowest BCUT2D eigenvalue weighted by Gasteiger charge is -2.09. The minimum atomic E-state index is -0.605. The number of carbonyl (C=O) groups is 1. The summed E-state index contributed by atoms with van der Waals surface area (Å²) in [4.78, 5) is 10.9. The lowest BCUT2D eigenvalue weighted by Crippen LogP contribution is -2.14. The van der Waals surface area contributed by atoms with Crippen LogP contribution in [0.1, 0.15) is 46.0 Å². The van der Waals surface area contributed by atoms with E-state index in [1.165, 1.54) is 18.3 Å². The van der Waals surface area contributed by atoms with Gasteiger partial charge in [-0.1, -0.05) is 17.2 Å². The highest BCUT2D eigenvalue weighted by atomic mass is 16.5. The third-order valence-electron chi connectivity index (χ3n) is 2.57. The Morgan fingerprint density at radius 2 is 2.06 bits per heavy atom. The van der Waals surface area contributed by atoms with Gasteiger partial charge in [0.15, 0.2) is 0 Å². The van der Waals surface area contributed by atoms with Crippen LogP contribution in [0.2, 0.25) is 0 Å². The van der Waals surface area contributed by atoms with Gasteiger partial charge in [-0.25, -0.2) is 0 Å². The third kappa shape index (κ3) is 9.82. The maximum Gasteiger partial charge on any atom is 0.308 e. The number of aliphatic hydroxyl groups excluding tert-OH is 1. The first kappa shape index (κ1) is 15.9. The minimum Gasteiger partial charge on any atom is -0.469 e. The first-order valence-electron chi connectivity index (χ1n) is 6.00. The molecular weight excluding hydrogens is 216 g/mol. The van der Waals surface area contributed by atoms with Crippen molar-refractivity contribution in [2.45, 2.75) is 52.1 Å². The quantitative estimate of drug-likeness (QED) is 0.524. The molecule has 0 saturated heterocycles. The van der Waals surface area contributed by atoms with Gasteiger partial charge in [-0.2, -0.15) is 0 Å². The number of rotatable bonds is 8. The summed E-state index contributed by atoms with van der Waals surface area (Å²) >= 11 is 0. The Bertz CT molecular complexity index is 279. The van der Waals surface area contributed by atoms with Gasteiger partial charge in [0.2, 0.25) is 0 Å². The highest BCUT2D eigenvalue weighted by molar-refractivity contribution is 5.69. The molecule has 0 aliphatic heterocycles. The fourth-order valence-corrected chi connectivity index (χ4v) is 1.44. The first-order valence-corrected chi connectivity index (χ1v) is 6.00. The van der Waals surface area contributed by atoms with Gasteiger partial charge in [0.1, 0.15) is 0 Å². The summed E-state index contributed by atoms with van der Waals surface area (Å²) < 4.78 is 4.50. The van der Waals surface area contributed by atoms with Crippen molar-refractivity contribution in [3.8, 4) is 0 Å². The molecule has 0 aromatic rings. The van der Waals surface area contributed by atoms with E-state index in [0.717, 1.165) is 19.3 Å². The van der Waals surface area contributed by atoms with Crippen molar-refractivity contribution in [2.24, 2.45) is 0 Å². The molecule has 0 aliphatic rings. The average molecular weight is 240 g/mol. The van der Waals surface area contributed by atoms with Crippen LogP contribution in [0.25, 0.3) is 0 Å². The van der Waals surface area contributed by atoms with Crippen LogP contribution in [0.4, 0.5) is 0 Å². The fraction of sp³-hybridized carbons (Fsp3) is 0.643. The van der Waals surface area contributed by atoms with Crippen molar-refractivity contribution in [1.82, 2.24) is 0 Å². The topological polar surface area (TPSA) is 46.5 Å². The molecule has 0 aliphatic carbocycles. The number of carbonyl (C=O) groups excluding carboxylic acids is 1. The van der Waals surface area contributed by atoms with Gasteiger partial charge >= 0.3 is 5.97 Å². The lowest BCUT2D eigenvalue weighted by atomic mass is 10.0. The van der Waals surface area contributed by atoms with Crippen molar-refractivity contribution in [3.05, 3.63) is 23.8 Å². The number of aliphatic hydroxyl groups is 1. The zero-order valence-corrected chi connectivity index (χ0v) is 11.2. The minimum absolute atomic E-state index is 0.0789. The standard InChI is InChI=1S/C14H24O3/c1-11(2)6-5-7-12(3)8-9-13(15)10-14(16)17-4/h7,13,15H,1,5-6,8-10H2,2-4H3/b12-7+. The monoisotopic (exact) mass is 240 g/mol. The zero-order chi connectivity index (χ0) is 13.3. The predicted octanol–water partition coefficient (Wildman–Crippen LogP) is 2.99. The Hall–Kier alpha value is -1.09. The molecule has 0 spiro atoms. The molecule has 1 atom stereocenters. The van der Waals surface area contributed by atoms with Crippen LogP contribution in [-0.2, 0) is 9.53 Å². The van der Waals surface area contributed by atoms with Crippen LogP contribution in [-0.4, -0.2) is 24.3 Å². The molecule has 0 bridgehead atoms. The first-order chi connectivity index (χ1) is 7.95. The summed E-state index contributed by atoms with van der Waals surface area (Å²) in [6, 6.07) is 0. The number of hydrogen-bond acceptors (Lipinski definition) is 3. The molecule has 3 nitrogen and oxygen atoms in total. The Morgan fingerprint density at radius 1 is 1.41 bits per heavy atom. The molecule has 3 heteroatoms. The third-order valence-corrected chi connectivity index (χ3v) is 2.57. The zero-order valence-electron chi connectivity index (χ0n) is 11.2. The molecule has 0 fully saturated rings. The number of ether oxygens (including phenoxy) is 1. The SMILES string of the molecule is C=C(C)CC/C=C(\C)CCC(O)CC(=O)OC. The molecule has 0 radical (unpaired) electrons.